The van der Waals surface area contributed by atoms with E-state index in [-0.39, 0.29) is 12.4 Å². The Morgan fingerprint density at radius 3 is 2.63 bits per heavy atom. The zero-order chi connectivity index (χ0) is 14.3. The number of aliphatic imine (C=N–C) groups is 1. The predicted molar refractivity (Wildman–Crippen MR) is 73.4 cm³/mol. The number of carboxylic acid groups (broad SMARTS) is 1. The lowest BCUT2D eigenvalue weighted by Gasteiger charge is -2.13. The topological polar surface area (TPSA) is 103 Å². The van der Waals surface area contributed by atoms with Crippen molar-refractivity contribution >= 4 is 23.7 Å². The predicted octanol–water partition coefficient (Wildman–Crippen LogP) is 1.41. The lowest BCUT2D eigenvalue weighted by molar-refractivity contribution is -0.135. The number of aliphatic carboxylic acids is 1. The van der Waals surface area contributed by atoms with Gasteiger partial charge in [0.15, 0.2) is 6.19 Å². The van der Waals surface area contributed by atoms with Crippen LogP contribution in [0, 0.1) is 11.5 Å². The standard InChI is InChI=1S/C13H14N4O2/c1-16-13(15)17(9-14)11-7-5-10(6-8-11)3-2-4-12(18)19/h2-3,5-8H,4H2,1H3,(H2,15,16)(H,18,19)/b3-2+. The number of anilines is 1. The summed E-state index contributed by atoms with van der Waals surface area (Å²) in [5.41, 5.74) is 7.03. The summed E-state index contributed by atoms with van der Waals surface area (Å²) in [5, 5.41) is 17.5. The first-order chi connectivity index (χ1) is 9.08. The van der Waals surface area contributed by atoms with E-state index >= 15 is 0 Å². The van der Waals surface area contributed by atoms with E-state index in [2.05, 4.69) is 4.99 Å². The van der Waals surface area contributed by atoms with Gasteiger partial charge < -0.3 is 10.8 Å². The Morgan fingerprint density at radius 2 is 2.16 bits per heavy atom. The number of guanidine groups is 1. The minimum atomic E-state index is -0.879. The summed E-state index contributed by atoms with van der Waals surface area (Å²) < 4.78 is 0. The monoisotopic (exact) mass is 258 g/mol. The van der Waals surface area contributed by atoms with Crippen molar-refractivity contribution in [3.63, 3.8) is 0 Å². The molecule has 1 aromatic rings. The summed E-state index contributed by atoms with van der Waals surface area (Å²) in [6, 6.07) is 6.95. The second-order valence-corrected chi connectivity index (χ2v) is 3.61. The molecule has 0 aliphatic carbocycles. The summed E-state index contributed by atoms with van der Waals surface area (Å²) in [7, 11) is 1.50. The first kappa shape index (κ1) is 14.3. The van der Waals surface area contributed by atoms with Gasteiger partial charge in [-0.2, -0.15) is 5.26 Å². The molecule has 1 rings (SSSR count). The molecule has 0 saturated heterocycles. The van der Waals surface area contributed by atoms with Gasteiger partial charge in [-0.1, -0.05) is 24.3 Å². The quantitative estimate of drug-likeness (QED) is 0.368. The van der Waals surface area contributed by atoms with Crippen LogP contribution in [-0.4, -0.2) is 24.1 Å². The highest BCUT2D eigenvalue weighted by atomic mass is 16.4. The molecule has 19 heavy (non-hydrogen) atoms. The molecular formula is C13H14N4O2. The molecule has 0 aromatic heterocycles. The number of carbonyl (C=O) groups is 1. The second-order valence-electron chi connectivity index (χ2n) is 3.61. The van der Waals surface area contributed by atoms with Gasteiger partial charge in [-0.3, -0.25) is 9.79 Å². The van der Waals surface area contributed by atoms with Crippen LogP contribution >= 0.6 is 0 Å². The summed E-state index contributed by atoms with van der Waals surface area (Å²) in [5.74, 6) is -0.771. The Morgan fingerprint density at radius 1 is 1.53 bits per heavy atom. The maximum Gasteiger partial charge on any atom is 0.307 e. The minimum Gasteiger partial charge on any atom is -0.481 e. The van der Waals surface area contributed by atoms with Gasteiger partial charge in [0, 0.05) is 7.05 Å². The van der Waals surface area contributed by atoms with Gasteiger partial charge in [0.1, 0.15) is 0 Å². The maximum atomic E-state index is 10.4. The molecule has 98 valence electrons. The third-order valence-electron chi connectivity index (χ3n) is 2.31. The highest BCUT2D eigenvalue weighted by molar-refractivity contribution is 5.97. The normalized spacial score (nSPS) is 11.3. The number of benzene rings is 1. The van der Waals surface area contributed by atoms with E-state index in [0.29, 0.717) is 5.69 Å². The average Bonchev–Trinajstić information content (AvgIpc) is 2.40. The van der Waals surface area contributed by atoms with Gasteiger partial charge in [0.2, 0.25) is 5.96 Å². The average molecular weight is 258 g/mol. The lowest BCUT2D eigenvalue weighted by Crippen LogP contribution is -2.33. The van der Waals surface area contributed by atoms with E-state index in [9.17, 15) is 4.79 Å². The van der Waals surface area contributed by atoms with Crippen LogP contribution in [0.4, 0.5) is 5.69 Å². The Balaban J connectivity index is 2.84. The third-order valence-corrected chi connectivity index (χ3v) is 2.31. The molecule has 6 nitrogen and oxygen atoms in total. The molecule has 0 atom stereocenters. The van der Waals surface area contributed by atoms with Crippen LogP contribution in [0.5, 0.6) is 0 Å². The van der Waals surface area contributed by atoms with Crippen molar-refractivity contribution in [1.82, 2.24) is 0 Å². The van der Waals surface area contributed by atoms with Gasteiger partial charge in [0.25, 0.3) is 0 Å². The molecule has 3 N–H and O–H groups in total. The largest absolute Gasteiger partial charge is 0.481 e. The molecule has 0 aliphatic heterocycles. The first-order valence-electron chi connectivity index (χ1n) is 5.49. The number of nitrogens with two attached hydrogens (primary N) is 1. The van der Waals surface area contributed by atoms with Gasteiger partial charge >= 0.3 is 5.97 Å². The molecule has 0 saturated carbocycles. The Hall–Kier alpha value is -2.81. The summed E-state index contributed by atoms with van der Waals surface area (Å²) in [6.45, 7) is 0. The maximum absolute atomic E-state index is 10.4. The Labute approximate surface area is 111 Å². The number of carboxylic acids is 1. The Kier molecular flexibility index (Phi) is 5.11. The van der Waals surface area contributed by atoms with Crippen LogP contribution in [0.3, 0.4) is 0 Å². The van der Waals surface area contributed by atoms with Crippen LogP contribution in [0.25, 0.3) is 6.08 Å². The van der Waals surface area contributed by atoms with E-state index in [1.165, 1.54) is 11.9 Å². The van der Waals surface area contributed by atoms with Crippen LogP contribution in [0.1, 0.15) is 12.0 Å². The van der Waals surface area contributed by atoms with Gasteiger partial charge in [0.05, 0.1) is 12.1 Å². The lowest BCUT2D eigenvalue weighted by atomic mass is 10.2. The van der Waals surface area contributed by atoms with Gasteiger partial charge in [-0.25, -0.2) is 4.90 Å². The fourth-order valence-corrected chi connectivity index (χ4v) is 1.37. The van der Waals surface area contributed by atoms with Gasteiger partial charge in [-0.05, 0) is 17.7 Å². The summed E-state index contributed by atoms with van der Waals surface area (Å²) >= 11 is 0. The SMILES string of the molecule is CN=C(N)N(C#N)c1ccc(/C=C/CC(=O)O)cc1. The molecule has 1 aromatic carbocycles. The highest BCUT2D eigenvalue weighted by Gasteiger charge is 2.08. The van der Waals surface area contributed by atoms with E-state index in [1.807, 2.05) is 6.19 Å². The fraction of sp³-hybridized carbons (Fsp3) is 0.154. The molecule has 0 amide bonds. The summed E-state index contributed by atoms with van der Waals surface area (Å²) in [4.78, 5) is 15.3. The number of hydrogen-bond donors (Lipinski definition) is 2. The van der Waals surface area contributed by atoms with Crippen molar-refractivity contribution < 1.29 is 9.90 Å². The summed E-state index contributed by atoms with van der Waals surface area (Å²) in [6.07, 6.45) is 5.16. The van der Waals surface area contributed by atoms with Crippen LogP contribution < -0.4 is 10.6 Å². The van der Waals surface area contributed by atoms with Crippen molar-refractivity contribution in [3.05, 3.63) is 35.9 Å². The third kappa shape index (κ3) is 4.16. The molecule has 0 aliphatic rings. The fourth-order valence-electron chi connectivity index (χ4n) is 1.37. The van der Waals surface area contributed by atoms with Crippen LogP contribution in [-0.2, 0) is 4.79 Å². The van der Waals surface area contributed by atoms with E-state index in [0.717, 1.165) is 5.56 Å². The van der Waals surface area contributed by atoms with Crippen LogP contribution in [0.15, 0.2) is 35.3 Å². The van der Waals surface area contributed by atoms with E-state index in [1.54, 1.807) is 36.4 Å². The number of nitrogens with zero attached hydrogens (tertiary/aromatic N) is 3. The molecule has 0 fully saturated rings. The molecule has 0 bridgehead atoms. The smallest absolute Gasteiger partial charge is 0.307 e. The molecule has 0 heterocycles. The van der Waals surface area contributed by atoms with Crippen molar-refractivity contribution in [2.45, 2.75) is 6.42 Å². The van der Waals surface area contributed by atoms with Gasteiger partial charge in [-0.15, -0.1) is 0 Å². The van der Waals surface area contributed by atoms with Crippen molar-refractivity contribution in [2.24, 2.45) is 10.7 Å². The molecule has 0 radical (unpaired) electrons. The van der Waals surface area contributed by atoms with Crippen molar-refractivity contribution in [3.8, 4) is 6.19 Å². The van der Waals surface area contributed by atoms with Crippen molar-refractivity contribution in [2.75, 3.05) is 11.9 Å². The van der Waals surface area contributed by atoms with Crippen LogP contribution in [0.2, 0.25) is 0 Å². The molecule has 6 heteroatoms. The minimum absolute atomic E-state index is 0.0263. The van der Waals surface area contributed by atoms with E-state index < -0.39 is 5.97 Å². The first-order valence-corrected chi connectivity index (χ1v) is 5.49. The second kappa shape index (κ2) is 6.81. The Bertz CT molecular complexity index is 541. The molecule has 0 unspecified atom stereocenters. The highest BCUT2D eigenvalue weighted by Crippen LogP contribution is 2.15. The number of nitriles is 1. The van der Waals surface area contributed by atoms with Crippen molar-refractivity contribution in [1.29, 1.82) is 5.26 Å². The molecular weight excluding hydrogens is 244 g/mol. The number of hydrogen-bond acceptors (Lipinski definition) is 3. The van der Waals surface area contributed by atoms with E-state index in [4.69, 9.17) is 16.1 Å². The zero-order valence-corrected chi connectivity index (χ0v) is 10.4. The zero-order valence-electron chi connectivity index (χ0n) is 10.4. The number of rotatable bonds is 4. The molecule has 0 spiro atoms.